The number of aldehydes is 1. The lowest BCUT2D eigenvalue weighted by molar-refractivity contribution is -0.107. The molecule has 0 radical (unpaired) electrons. The third kappa shape index (κ3) is 20.7. The highest BCUT2D eigenvalue weighted by atomic mass is 127. The molecule has 6 rings (SSSR count). The molecule has 4 nitrogen and oxygen atoms in total. The summed E-state index contributed by atoms with van der Waals surface area (Å²) in [5, 5.41) is 19.8. The van der Waals surface area contributed by atoms with Gasteiger partial charge in [-0.15, -0.1) is 6.58 Å². The van der Waals surface area contributed by atoms with Crippen LogP contribution in [0.15, 0.2) is 137 Å². The molecule has 3 aliphatic carbocycles. The van der Waals surface area contributed by atoms with Gasteiger partial charge in [-0.05, 0) is 200 Å². The number of aryl methyl sites for hydroxylation is 2. The van der Waals surface area contributed by atoms with E-state index in [-0.39, 0.29) is 18.6 Å². The van der Waals surface area contributed by atoms with Gasteiger partial charge in [-0.3, -0.25) is 0 Å². The van der Waals surface area contributed by atoms with Crippen LogP contribution in [-0.4, -0.2) is 42.8 Å². The standard InChI is InChI=1S/C22H33NO.C20H26O.C17H21I.C3H6O/c1-18-7-5-13-22(2,3)21(18)12-11-20-9-4-8-19(17-20)10-6-14-23-15-16-24;1-16-7-5-13-20(2,3)19(16)12-11-18-9-4-8-17(15-18)10-6-14-21;1-13-6-5-11-17(2,3)16(13)10-9-14-7-4-8-15(18)12-14;1-2-3-4/h4,8-9,11-12,17,23-24H,5-7,10,13-16H2,1-3H3;4,8-9,11-12,14-15H,5-7,10,13H2,1-3H3;4,7-10,12H,5-6,11H2,1-3H3;2,4H,1,3H2/b12-11+;;;. The summed E-state index contributed by atoms with van der Waals surface area (Å²) >= 11 is 2.36. The molecule has 3 aromatic rings. The summed E-state index contributed by atoms with van der Waals surface area (Å²) in [6.45, 7) is 26.2. The Balaban J connectivity index is 0.000000258. The molecule has 0 saturated heterocycles. The van der Waals surface area contributed by atoms with Gasteiger partial charge in [-0.2, -0.15) is 0 Å². The summed E-state index contributed by atoms with van der Waals surface area (Å²) in [4.78, 5) is 10.5. The highest BCUT2D eigenvalue weighted by Gasteiger charge is 2.28. The normalized spacial score (nSPS) is 17.7. The summed E-state index contributed by atoms with van der Waals surface area (Å²) in [5.74, 6) is 0. The van der Waals surface area contributed by atoms with E-state index in [0.29, 0.717) is 23.8 Å². The predicted octanol–water partition coefficient (Wildman–Crippen LogP) is 16.1. The van der Waals surface area contributed by atoms with Gasteiger partial charge in [0.05, 0.1) is 13.2 Å². The van der Waals surface area contributed by atoms with E-state index in [1.807, 2.05) is 0 Å². The second-order valence-corrected chi connectivity index (χ2v) is 21.8. The minimum Gasteiger partial charge on any atom is -0.395 e. The Kier molecular flexibility index (Phi) is 25.6. The van der Waals surface area contributed by atoms with Crippen LogP contribution in [0.25, 0.3) is 18.2 Å². The molecule has 0 heterocycles. The molecule has 0 bridgehead atoms. The van der Waals surface area contributed by atoms with Crippen LogP contribution in [0.5, 0.6) is 0 Å². The molecule has 3 aromatic carbocycles. The molecule has 0 aromatic heterocycles. The lowest BCUT2D eigenvalue weighted by Gasteiger charge is -2.32. The molecule has 67 heavy (non-hydrogen) atoms. The van der Waals surface area contributed by atoms with Crippen molar-refractivity contribution in [2.24, 2.45) is 16.2 Å². The summed E-state index contributed by atoms with van der Waals surface area (Å²) in [6.07, 6.45) is 31.3. The van der Waals surface area contributed by atoms with Gasteiger partial charge in [-0.1, -0.05) is 161 Å². The molecule has 0 amide bonds. The quantitative estimate of drug-likeness (QED) is 0.0579. The zero-order valence-corrected chi connectivity index (χ0v) is 45.1. The van der Waals surface area contributed by atoms with Gasteiger partial charge >= 0.3 is 0 Å². The first-order chi connectivity index (χ1) is 32.0. The highest BCUT2D eigenvalue weighted by Crippen LogP contribution is 2.43. The zero-order valence-electron chi connectivity index (χ0n) is 43.0. The monoisotopic (exact) mass is 1020 g/mol. The number of carbonyl (C=O) groups excluding carboxylic acids is 1. The van der Waals surface area contributed by atoms with Crippen molar-refractivity contribution >= 4 is 47.1 Å². The summed E-state index contributed by atoms with van der Waals surface area (Å²) in [5.41, 5.74) is 16.5. The summed E-state index contributed by atoms with van der Waals surface area (Å²) in [6, 6.07) is 26.0. The van der Waals surface area contributed by atoms with E-state index >= 15 is 0 Å². The van der Waals surface area contributed by atoms with E-state index < -0.39 is 0 Å². The van der Waals surface area contributed by atoms with Gasteiger partial charge in [0, 0.05) is 16.5 Å². The molecule has 5 heteroatoms. The van der Waals surface area contributed by atoms with E-state index in [2.05, 4.69) is 206 Å². The van der Waals surface area contributed by atoms with Crippen LogP contribution in [-0.2, 0) is 17.6 Å². The first kappa shape index (κ1) is 57.4. The molecule has 3 N–H and O–H groups in total. The van der Waals surface area contributed by atoms with Crippen molar-refractivity contribution in [2.45, 2.75) is 146 Å². The van der Waals surface area contributed by atoms with Crippen molar-refractivity contribution in [1.82, 2.24) is 5.32 Å². The van der Waals surface area contributed by atoms with Crippen LogP contribution < -0.4 is 5.32 Å². The van der Waals surface area contributed by atoms with Crippen LogP contribution in [0.1, 0.15) is 161 Å². The average molecular weight is 1020 g/mol. The molecule has 0 unspecified atom stereocenters. The van der Waals surface area contributed by atoms with Gasteiger partial charge in [0.2, 0.25) is 0 Å². The van der Waals surface area contributed by atoms with Crippen molar-refractivity contribution in [3.8, 4) is 0 Å². The zero-order chi connectivity index (χ0) is 49.3. The number of halogens is 1. The number of carbonyl (C=O) groups is 1. The Morgan fingerprint density at radius 3 is 1.37 bits per heavy atom. The fourth-order valence-electron chi connectivity index (χ4n) is 9.73. The maximum absolute atomic E-state index is 10.5. The molecule has 364 valence electrons. The van der Waals surface area contributed by atoms with Gasteiger partial charge in [-0.25, -0.2) is 0 Å². The van der Waals surface area contributed by atoms with Crippen LogP contribution >= 0.6 is 22.6 Å². The lowest BCUT2D eigenvalue weighted by atomic mass is 9.72. The fraction of sp³-hybridized carbons (Fsp3) is 0.468. The number of aliphatic hydroxyl groups excluding tert-OH is 2. The number of benzene rings is 3. The molecule has 0 saturated carbocycles. The van der Waals surface area contributed by atoms with Crippen molar-refractivity contribution in [3.63, 3.8) is 0 Å². The maximum Gasteiger partial charge on any atom is 0.120 e. The second kappa shape index (κ2) is 29.9. The number of hydrogen-bond acceptors (Lipinski definition) is 4. The average Bonchev–Trinajstić information content (AvgIpc) is 3.28. The second-order valence-electron chi connectivity index (χ2n) is 20.6. The van der Waals surface area contributed by atoms with Gasteiger partial charge < -0.3 is 20.3 Å². The molecule has 0 spiro atoms. The first-order valence-electron chi connectivity index (χ1n) is 25.0. The lowest BCUT2D eigenvalue weighted by Crippen LogP contribution is -2.19. The smallest absolute Gasteiger partial charge is 0.120 e. The van der Waals surface area contributed by atoms with E-state index in [1.54, 1.807) is 11.1 Å². The topological polar surface area (TPSA) is 69.6 Å². The van der Waals surface area contributed by atoms with E-state index in [4.69, 9.17) is 10.2 Å². The molecule has 0 atom stereocenters. The third-order valence-corrected chi connectivity index (χ3v) is 14.2. The first-order valence-corrected chi connectivity index (χ1v) is 26.1. The third-order valence-electron chi connectivity index (χ3n) is 13.5. The fourth-order valence-corrected chi connectivity index (χ4v) is 10.3. The maximum atomic E-state index is 10.5. The Morgan fingerprint density at radius 2 is 1.00 bits per heavy atom. The number of hydrogen-bond donors (Lipinski definition) is 3. The number of aliphatic hydroxyl groups is 2. The molecular weight excluding hydrogens is 934 g/mol. The number of rotatable bonds is 16. The highest BCUT2D eigenvalue weighted by molar-refractivity contribution is 14.1. The minimum absolute atomic E-state index is 0.0833. The Morgan fingerprint density at radius 1 is 0.597 bits per heavy atom. The van der Waals surface area contributed by atoms with Gasteiger partial charge in [0.25, 0.3) is 0 Å². The molecule has 3 aliphatic rings. The van der Waals surface area contributed by atoms with Crippen molar-refractivity contribution in [2.75, 3.05) is 26.3 Å². The van der Waals surface area contributed by atoms with E-state index in [1.165, 1.54) is 118 Å². The van der Waals surface area contributed by atoms with Gasteiger partial charge in [0.1, 0.15) is 6.29 Å². The van der Waals surface area contributed by atoms with Crippen LogP contribution in [0.2, 0.25) is 0 Å². The molecule has 0 aliphatic heterocycles. The Hall–Kier alpha value is -3.88. The molecule has 0 fully saturated rings. The van der Waals surface area contributed by atoms with Crippen molar-refractivity contribution < 1.29 is 15.0 Å². The Bertz CT molecular complexity index is 2190. The largest absolute Gasteiger partial charge is 0.395 e. The van der Waals surface area contributed by atoms with Crippen LogP contribution in [0, 0.1) is 19.8 Å². The molecular formula is C62H86INO3. The number of nitrogens with one attached hydrogen (secondary N) is 1. The van der Waals surface area contributed by atoms with Crippen LogP contribution in [0.4, 0.5) is 0 Å². The van der Waals surface area contributed by atoms with Crippen LogP contribution in [0.3, 0.4) is 0 Å². The van der Waals surface area contributed by atoms with Crippen molar-refractivity contribution in [3.05, 3.63) is 169 Å². The minimum atomic E-state index is 0.0833. The Labute approximate surface area is 421 Å². The number of allylic oxidation sites excluding steroid dienone is 9. The SMILES string of the molecule is C=CCO.CC1=C(/C=C/c2cccc(CCCNCCO)c2)C(C)(C)CCC1.CC1=C(C=Cc2cccc(CCC=O)c2)C(C)(C)CCC1.CC1=C(C=Cc2cccc(I)c2)C(C)(C)CCC1. The van der Waals surface area contributed by atoms with E-state index in [0.717, 1.165) is 32.1 Å². The predicted molar refractivity (Wildman–Crippen MR) is 300 cm³/mol. The summed E-state index contributed by atoms with van der Waals surface area (Å²) in [7, 11) is 0. The van der Waals surface area contributed by atoms with Crippen molar-refractivity contribution in [1.29, 1.82) is 0 Å². The summed E-state index contributed by atoms with van der Waals surface area (Å²) < 4.78 is 1.29. The van der Waals surface area contributed by atoms with Gasteiger partial charge in [0.15, 0.2) is 0 Å². The van der Waals surface area contributed by atoms with E-state index in [9.17, 15) is 4.79 Å².